The molecule has 0 saturated heterocycles. The standard InChI is InChI=1S/2C31H38O2.2C19H14.Mo.W/c2*1-29(2,3)19-24-20(22-15-11-17-25(27(22)32)30(4,5)6)13-10-14-21(24)23-16-12-18-26(28(23)33)31(7,8)9;2*1-13-11-19(12-14(13)2)17-9-5-3-7-15(17)16-8-4-6-10-18(16)19;;/h2*10-18,32-33H,1-9H3;2*1-10H,11-12H2;;/q;;2*-2;;. The maximum atomic E-state index is 11.4. The molecule has 4 aliphatic carbocycles. The normalized spacial score (nSPS) is 14.8. The first-order valence-electron chi connectivity index (χ1n) is 37.1. The number of fused-ring (bicyclic) bond motifs is 10. The number of hydrogen-bond acceptors (Lipinski definition) is 4. The molecular weight excluding hydrogens is 1540 g/mol. The van der Waals surface area contributed by atoms with Crippen LogP contribution < -0.4 is 0 Å². The molecule has 10 aromatic carbocycles. The summed E-state index contributed by atoms with van der Waals surface area (Å²) in [6, 6.07) is 71.1. The molecule has 0 aromatic heterocycles. The van der Waals surface area contributed by atoms with Crippen LogP contribution in [0.2, 0.25) is 0 Å². The van der Waals surface area contributed by atoms with Gasteiger partial charge in [0.25, 0.3) is 0 Å². The Hall–Kier alpha value is -8.52. The van der Waals surface area contributed by atoms with Gasteiger partial charge in [-0.25, -0.2) is 0 Å². The monoisotopic (exact) mass is 1650 g/mol. The van der Waals surface area contributed by atoms with Gasteiger partial charge in [-0.1, -0.05) is 97.1 Å². The fourth-order valence-electron chi connectivity index (χ4n) is 16.2. The van der Waals surface area contributed by atoms with Crippen LogP contribution in [-0.2, 0) is 71.2 Å². The zero-order valence-electron chi connectivity index (χ0n) is 65.4. The maximum Gasteiger partial charge on any atom is -0.00613 e. The van der Waals surface area contributed by atoms with Gasteiger partial charge in [0, 0.05) is 0 Å². The van der Waals surface area contributed by atoms with Crippen LogP contribution in [0.3, 0.4) is 0 Å². The zero-order chi connectivity index (χ0) is 77.3. The minimum atomic E-state index is -0.180. The van der Waals surface area contributed by atoms with Crippen LogP contribution >= 0.6 is 0 Å². The van der Waals surface area contributed by atoms with Crippen molar-refractivity contribution in [1.82, 2.24) is 0 Å². The van der Waals surface area contributed by atoms with Crippen LogP contribution in [0.5, 0.6) is 23.0 Å². The molecule has 4 aliphatic rings. The van der Waals surface area contributed by atoms with Gasteiger partial charge in [0.2, 0.25) is 0 Å². The van der Waals surface area contributed by atoms with Crippen molar-refractivity contribution in [2.45, 2.75) is 183 Å². The minimum absolute atomic E-state index is 0.0264. The molecule has 2 saturated carbocycles. The number of hydrogen-bond donors (Lipinski definition) is 4. The number of aromatic hydroxyl groups is 4. The van der Waals surface area contributed by atoms with E-state index >= 15 is 0 Å². The average Bonchev–Trinajstić information content (AvgIpc) is 1.56. The molecule has 0 unspecified atom stereocenters. The Labute approximate surface area is 655 Å². The van der Waals surface area contributed by atoms with Crippen molar-refractivity contribution in [2.75, 3.05) is 0 Å². The van der Waals surface area contributed by atoms with E-state index in [4.69, 9.17) is 26.3 Å². The van der Waals surface area contributed by atoms with E-state index in [1.807, 2.05) is 84.9 Å². The quantitative estimate of drug-likeness (QED) is 0.0988. The maximum absolute atomic E-state index is 11.4. The fraction of sp³-hybridized carbons (Fsp3) is 0.300. The molecule has 4 nitrogen and oxygen atoms in total. The van der Waals surface area contributed by atoms with Crippen LogP contribution in [0.1, 0.15) is 206 Å². The molecule has 0 heterocycles. The predicted molar refractivity (Wildman–Crippen MR) is 438 cm³/mol. The number of para-hydroxylation sites is 4. The van der Waals surface area contributed by atoms with Crippen LogP contribution in [0.25, 0.3) is 66.8 Å². The first kappa shape index (κ1) is 78.5. The number of benzene rings is 10. The molecule has 2 fully saturated rings. The molecule has 6 heteroatoms. The molecule has 10 aromatic rings. The van der Waals surface area contributed by atoms with Gasteiger partial charge in [-0.05, 0) is 55.3 Å². The third-order valence-corrected chi connectivity index (χ3v) is 26.6. The molecule has 4 N–H and O–H groups in total. The van der Waals surface area contributed by atoms with E-state index < -0.39 is 0 Å². The van der Waals surface area contributed by atoms with Crippen molar-refractivity contribution < 1.29 is 59.1 Å². The van der Waals surface area contributed by atoms with Crippen molar-refractivity contribution in [3.8, 4) is 89.8 Å². The van der Waals surface area contributed by atoms with E-state index in [2.05, 4.69) is 265 Å². The number of rotatable bonds is 6. The summed E-state index contributed by atoms with van der Waals surface area (Å²) in [6.45, 7) is 63.2. The van der Waals surface area contributed by atoms with Crippen molar-refractivity contribution in [3.63, 3.8) is 0 Å². The predicted octanol–water partition coefficient (Wildman–Crippen LogP) is 25.2. The Morgan fingerprint density at radius 1 is 0.283 bits per heavy atom. The third-order valence-electron chi connectivity index (χ3n) is 21.6. The van der Waals surface area contributed by atoms with Crippen molar-refractivity contribution in [1.29, 1.82) is 0 Å². The summed E-state index contributed by atoms with van der Waals surface area (Å²) in [7, 11) is 0. The largest absolute Gasteiger partial charge is 0.390 e. The molecule has 14 rings (SSSR count). The topological polar surface area (TPSA) is 80.9 Å². The molecule has 0 amide bonds. The van der Waals surface area contributed by atoms with Gasteiger partial charge in [0.15, 0.2) is 0 Å². The summed E-state index contributed by atoms with van der Waals surface area (Å²) in [4.78, 5) is 0. The summed E-state index contributed by atoms with van der Waals surface area (Å²) in [6.07, 6.45) is 3.36. The summed E-state index contributed by atoms with van der Waals surface area (Å²) in [5.74, 6) is 1.31. The molecule has 0 atom stereocenters. The van der Waals surface area contributed by atoms with Crippen LogP contribution in [0.4, 0.5) is 0 Å². The Bertz CT molecular complexity index is 4560. The fourth-order valence-corrected chi connectivity index (χ4v) is 17.5. The zero-order valence-corrected chi connectivity index (χ0v) is 70.3. The van der Waals surface area contributed by atoms with Gasteiger partial charge in [0.05, 0.1) is 0 Å². The van der Waals surface area contributed by atoms with Gasteiger partial charge in [-0.2, -0.15) is 0 Å². The Kier molecular flexibility index (Phi) is 21.7. The Morgan fingerprint density at radius 3 is 0.698 bits per heavy atom. The minimum Gasteiger partial charge on any atom is -0.390 e. The second kappa shape index (κ2) is 29.2. The van der Waals surface area contributed by atoms with Gasteiger partial charge < -0.3 is 48.6 Å². The van der Waals surface area contributed by atoms with Gasteiger partial charge in [0.1, 0.15) is 0 Å². The SMILES string of the molecule is CC(C)(C)[C](=[Mo])c1c(-c2cccc(C(C)(C)C)c2O)cccc1-c1cccc(C(C)(C)C)c1O.CC(C)(C)[C](=[W])c1c(-c2cccc(C(C)(C)C)c2O)cccc1-c1cccc(C(C)(C)C)c1O.[CH-]=C1CC2(CC1=[CH-])c1ccccc1-c1ccccc12.[CH-]=C1CC2(CC1=[CH-])c1ccccc1-c1ccccc12. The summed E-state index contributed by atoms with van der Waals surface area (Å²) in [5.41, 5.74) is 26.5. The van der Waals surface area contributed by atoms with E-state index in [-0.39, 0.29) is 43.3 Å². The van der Waals surface area contributed by atoms with Gasteiger partial charge in [-0.3, -0.25) is 0 Å². The van der Waals surface area contributed by atoms with E-state index in [1.165, 1.54) is 71.7 Å². The summed E-state index contributed by atoms with van der Waals surface area (Å²) in [5, 5.41) is 45.6. The second-order valence-corrected chi connectivity index (χ2v) is 38.0. The second-order valence-electron chi connectivity index (χ2n) is 35.6. The van der Waals surface area contributed by atoms with E-state index in [0.29, 0.717) is 23.0 Å². The number of allylic oxidation sites excluding steroid dienone is 4. The molecule has 106 heavy (non-hydrogen) atoms. The average molecular weight is 1650 g/mol. The number of phenols is 4. The molecule has 0 bridgehead atoms. The molecule has 0 aliphatic heterocycles. The van der Waals surface area contributed by atoms with E-state index in [9.17, 15) is 20.4 Å². The molecule has 544 valence electrons. The van der Waals surface area contributed by atoms with Crippen LogP contribution in [0, 0.1) is 37.1 Å². The summed E-state index contributed by atoms with van der Waals surface area (Å²) < 4.78 is 2.51. The third kappa shape index (κ3) is 14.9. The van der Waals surface area contributed by atoms with Crippen molar-refractivity contribution >= 4 is 7.80 Å². The van der Waals surface area contributed by atoms with Crippen LogP contribution in [-0.4, -0.2) is 28.2 Å². The first-order valence-corrected chi connectivity index (χ1v) is 39.5. The molecule has 0 radical (unpaired) electrons. The number of phenolic OH excluding ortho intramolecular Hbond substituents is 4. The van der Waals surface area contributed by atoms with Crippen molar-refractivity contribution in [3.05, 3.63) is 310 Å². The van der Waals surface area contributed by atoms with Crippen LogP contribution in [0.15, 0.2) is 229 Å². The Balaban J connectivity index is 0.000000146. The van der Waals surface area contributed by atoms with Gasteiger partial charge in [-0.15, -0.1) is 25.7 Å². The smallest absolute Gasteiger partial charge is 0.00613 e. The van der Waals surface area contributed by atoms with Crippen molar-refractivity contribution in [2.24, 2.45) is 10.8 Å². The van der Waals surface area contributed by atoms with Gasteiger partial charge >= 0.3 is 434 Å². The first-order chi connectivity index (χ1) is 49.5. The Morgan fingerprint density at radius 2 is 0.481 bits per heavy atom. The summed E-state index contributed by atoms with van der Waals surface area (Å²) >= 11 is 3.45. The molecular formula is C100H104MoO4W-4. The van der Waals surface area contributed by atoms with E-state index in [1.54, 1.807) is 0 Å². The molecule has 2 spiro atoms. The van der Waals surface area contributed by atoms with E-state index in [0.717, 1.165) is 126 Å².